The Labute approximate surface area is 131 Å². The summed E-state index contributed by atoms with van der Waals surface area (Å²) in [7, 11) is 0. The van der Waals surface area contributed by atoms with E-state index in [4.69, 9.17) is 4.42 Å². The van der Waals surface area contributed by atoms with E-state index in [-0.39, 0.29) is 0 Å². The molecule has 3 nitrogen and oxygen atoms in total. The molecule has 21 heavy (non-hydrogen) atoms. The molecule has 2 aromatic rings. The van der Waals surface area contributed by atoms with Crippen LogP contribution in [0.3, 0.4) is 0 Å². The molecule has 0 radical (unpaired) electrons. The SMILES string of the molecule is c1coc(CN(CCN2CCCCC2)Cc2cccs2)c1. The summed E-state index contributed by atoms with van der Waals surface area (Å²) in [5.74, 6) is 1.06. The Kier molecular flexibility index (Phi) is 5.49. The molecule has 0 spiro atoms. The third-order valence-electron chi connectivity index (χ3n) is 4.10. The molecule has 3 heterocycles. The van der Waals surface area contributed by atoms with Gasteiger partial charge in [0, 0.05) is 24.5 Å². The highest BCUT2D eigenvalue weighted by Gasteiger charge is 2.14. The van der Waals surface area contributed by atoms with E-state index in [0.717, 1.165) is 25.4 Å². The maximum absolute atomic E-state index is 5.52. The maximum Gasteiger partial charge on any atom is 0.117 e. The van der Waals surface area contributed by atoms with Crippen LogP contribution in [-0.2, 0) is 13.1 Å². The summed E-state index contributed by atoms with van der Waals surface area (Å²) in [6.45, 7) is 6.75. The Morgan fingerprint density at radius 1 is 1.10 bits per heavy atom. The summed E-state index contributed by atoms with van der Waals surface area (Å²) < 4.78 is 5.52. The van der Waals surface area contributed by atoms with Gasteiger partial charge in [-0.2, -0.15) is 0 Å². The number of thiophene rings is 1. The molecule has 0 amide bonds. The van der Waals surface area contributed by atoms with Crippen LogP contribution in [0.25, 0.3) is 0 Å². The lowest BCUT2D eigenvalue weighted by Gasteiger charge is -2.29. The Bertz CT molecular complexity index is 453. The van der Waals surface area contributed by atoms with Crippen molar-refractivity contribution in [3.8, 4) is 0 Å². The second-order valence-electron chi connectivity index (χ2n) is 5.77. The van der Waals surface area contributed by atoms with Gasteiger partial charge in [-0.3, -0.25) is 4.90 Å². The van der Waals surface area contributed by atoms with Crippen molar-refractivity contribution in [3.63, 3.8) is 0 Å². The van der Waals surface area contributed by atoms with Crippen LogP contribution in [0.4, 0.5) is 0 Å². The van der Waals surface area contributed by atoms with Crippen LogP contribution in [0.5, 0.6) is 0 Å². The summed E-state index contributed by atoms with van der Waals surface area (Å²) in [5, 5.41) is 2.16. The highest BCUT2D eigenvalue weighted by Crippen LogP contribution is 2.15. The first-order valence-electron chi connectivity index (χ1n) is 7.89. The van der Waals surface area contributed by atoms with Gasteiger partial charge in [-0.25, -0.2) is 0 Å². The lowest BCUT2D eigenvalue weighted by Crippen LogP contribution is -2.37. The van der Waals surface area contributed by atoms with E-state index in [1.54, 1.807) is 6.26 Å². The average molecular weight is 304 g/mol. The number of likely N-dealkylation sites (tertiary alicyclic amines) is 1. The minimum atomic E-state index is 0.902. The van der Waals surface area contributed by atoms with Crippen LogP contribution in [0.15, 0.2) is 40.3 Å². The van der Waals surface area contributed by atoms with Crippen molar-refractivity contribution in [3.05, 3.63) is 46.5 Å². The van der Waals surface area contributed by atoms with Crippen LogP contribution in [0.2, 0.25) is 0 Å². The van der Waals surface area contributed by atoms with Crippen LogP contribution in [0.1, 0.15) is 29.9 Å². The van der Waals surface area contributed by atoms with E-state index in [0.29, 0.717) is 0 Å². The van der Waals surface area contributed by atoms with Gasteiger partial charge in [-0.05, 0) is 49.5 Å². The minimum absolute atomic E-state index is 0.902. The fraction of sp³-hybridized carbons (Fsp3) is 0.529. The van der Waals surface area contributed by atoms with Gasteiger partial charge >= 0.3 is 0 Å². The molecule has 0 atom stereocenters. The average Bonchev–Trinajstić information content (AvgIpc) is 3.20. The number of hydrogen-bond donors (Lipinski definition) is 0. The highest BCUT2D eigenvalue weighted by atomic mass is 32.1. The summed E-state index contributed by atoms with van der Waals surface area (Å²) in [4.78, 5) is 6.53. The van der Waals surface area contributed by atoms with Gasteiger partial charge in [0.25, 0.3) is 0 Å². The van der Waals surface area contributed by atoms with Crippen LogP contribution >= 0.6 is 11.3 Å². The lowest BCUT2D eigenvalue weighted by atomic mass is 10.1. The molecule has 0 aromatic carbocycles. The molecule has 4 heteroatoms. The highest BCUT2D eigenvalue weighted by molar-refractivity contribution is 7.09. The van der Waals surface area contributed by atoms with Crippen molar-refractivity contribution in [2.24, 2.45) is 0 Å². The number of rotatable bonds is 7. The summed E-state index contributed by atoms with van der Waals surface area (Å²) in [6.07, 6.45) is 5.90. The maximum atomic E-state index is 5.52. The topological polar surface area (TPSA) is 19.6 Å². The van der Waals surface area contributed by atoms with Crippen molar-refractivity contribution >= 4 is 11.3 Å². The molecular weight excluding hydrogens is 280 g/mol. The van der Waals surface area contributed by atoms with Gasteiger partial charge in [-0.1, -0.05) is 12.5 Å². The third-order valence-corrected chi connectivity index (χ3v) is 4.96. The molecule has 0 N–H and O–H groups in total. The second kappa shape index (κ2) is 7.78. The molecule has 114 valence electrons. The van der Waals surface area contributed by atoms with E-state index in [1.165, 1.54) is 43.8 Å². The van der Waals surface area contributed by atoms with E-state index >= 15 is 0 Å². The quantitative estimate of drug-likeness (QED) is 0.775. The molecule has 0 bridgehead atoms. The first kappa shape index (κ1) is 14.8. The van der Waals surface area contributed by atoms with Crippen molar-refractivity contribution in [2.75, 3.05) is 26.2 Å². The lowest BCUT2D eigenvalue weighted by molar-refractivity contribution is 0.167. The smallest absolute Gasteiger partial charge is 0.117 e. The van der Waals surface area contributed by atoms with Gasteiger partial charge in [0.1, 0.15) is 5.76 Å². The van der Waals surface area contributed by atoms with Gasteiger partial charge < -0.3 is 9.32 Å². The van der Waals surface area contributed by atoms with Crippen molar-refractivity contribution in [1.29, 1.82) is 0 Å². The fourth-order valence-corrected chi connectivity index (χ4v) is 3.67. The van der Waals surface area contributed by atoms with Gasteiger partial charge in [-0.15, -0.1) is 11.3 Å². The standard InChI is InChI=1S/C17H24N2OS/c1-2-8-18(9-3-1)10-11-19(14-16-6-4-12-20-16)15-17-7-5-13-21-17/h4-7,12-13H,1-3,8-11,14-15H2. The van der Waals surface area contributed by atoms with E-state index in [9.17, 15) is 0 Å². The third kappa shape index (κ3) is 4.70. The van der Waals surface area contributed by atoms with Gasteiger partial charge in [0.2, 0.25) is 0 Å². The molecule has 0 unspecified atom stereocenters. The monoisotopic (exact) mass is 304 g/mol. The Balaban J connectivity index is 1.55. The van der Waals surface area contributed by atoms with E-state index in [1.807, 2.05) is 17.4 Å². The zero-order chi connectivity index (χ0) is 14.3. The molecule has 1 aliphatic heterocycles. The zero-order valence-electron chi connectivity index (χ0n) is 12.5. The van der Waals surface area contributed by atoms with E-state index < -0.39 is 0 Å². The summed E-state index contributed by atoms with van der Waals surface area (Å²) >= 11 is 1.84. The van der Waals surface area contributed by atoms with Crippen molar-refractivity contribution in [2.45, 2.75) is 32.4 Å². The zero-order valence-corrected chi connectivity index (χ0v) is 13.4. The Morgan fingerprint density at radius 2 is 2.00 bits per heavy atom. The first-order valence-corrected chi connectivity index (χ1v) is 8.77. The Hall–Kier alpha value is -1.10. The molecule has 3 rings (SSSR count). The molecule has 2 aromatic heterocycles. The van der Waals surface area contributed by atoms with Crippen molar-refractivity contribution in [1.82, 2.24) is 9.80 Å². The number of hydrogen-bond acceptors (Lipinski definition) is 4. The molecule has 1 fully saturated rings. The predicted octanol–water partition coefficient (Wildman–Crippen LogP) is 3.83. The van der Waals surface area contributed by atoms with Crippen molar-refractivity contribution < 1.29 is 4.42 Å². The van der Waals surface area contributed by atoms with Crippen LogP contribution in [0, 0.1) is 0 Å². The minimum Gasteiger partial charge on any atom is -0.468 e. The molecule has 1 saturated heterocycles. The summed E-state index contributed by atoms with van der Waals surface area (Å²) in [6, 6.07) is 8.40. The van der Waals surface area contributed by atoms with Gasteiger partial charge in [0.15, 0.2) is 0 Å². The van der Waals surface area contributed by atoms with Crippen LogP contribution < -0.4 is 0 Å². The van der Waals surface area contributed by atoms with Gasteiger partial charge in [0.05, 0.1) is 12.8 Å². The summed E-state index contributed by atoms with van der Waals surface area (Å²) in [5.41, 5.74) is 0. The predicted molar refractivity (Wildman–Crippen MR) is 87.4 cm³/mol. The van der Waals surface area contributed by atoms with Crippen LogP contribution in [-0.4, -0.2) is 36.0 Å². The first-order chi connectivity index (χ1) is 10.4. The fourth-order valence-electron chi connectivity index (χ4n) is 2.93. The Morgan fingerprint density at radius 3 is 2.71 bits per heavy atom. The number of furan rings is 1. The molecule has 0 saturated carbocycles. The molecule has 1 aliphatic rings. The molecular formula is C17H24N2OS. The normalized spacial score (nSPS) is 16.6. The number of piperidine rings is 1. The number of nitrogens with zero attached hydrogens (tertiary/aromatic N) is 2. The van der Waals surface area contributed by atoms with E-state index in [2.05, 4.69) is 33.4 Å². The largest absolute Gasteiger partial charge is 0.468 e. The second-order valence-corrected chi connectivity index (χ2v) is 6.80. The molecule has 0 aliphatic carbocycles.